The molecule has 0 saturated carbocycles. The molecule has 0 aromatic rings. The molecule has 0 unspecified atom stereocenters. The van der Waals surface area contributed by atoms with E-state index in [0.29, 0.717) is 0 Å². The Balaban J connectivity index is 3.74. The van der Waals surface area contributed by atoms with Crippen LogP contribution in [0.25, 0.3) is 0 Å². The van der Waals surface area contributed by atoms with Crippen LogP contribution in [-0.4, -0.2) is 11.9 Å². The average molecular weight is 110 g/mol. The van der Waals surface area contributed by atoms with Gasteiger partial charge in [0.15, 0.2) is 0 Å². The van der Waals surface area contributed by atoms with Gasteiger partial charge >= 0.3 is 0 Å². The molecule has 44 valence electrons. The van der Waals surface area contributed by atoms with Crippen molar-refractivity contribution in [2.45, 2.75) is 13.8 Å². The summed E-state index contributed by atoms with van der Waals surface area (Å²) in [6.07, 6.45) is 3.29. The van der Waals surface area contributed by atoms with Crippen LogP contribution in [0.1, 0.15) is 13.8 Å². The van der Waals surface area contributed by atoms with Crippen molar-refractivity contribution in [3.8, 4) is 0 Å². The maximum absolute atomic E-state index is 3.73. The summed E-state index contributed by atoms with van der Waals surface area (Å²) in [5, 5.41) is 7.36. The van der Waals surface area contributed by atoms with Gasteiger partial charge in [0, 0.05) is 6.21 Å². The van der Waals surface area contributed by atoms with E-state index in [0.717, 1.165) is 5.71 Å². The van der Waals surface area contributed by atoms with Crippen molar-refractivity contribution in [3.05, 3.63) is 12.7 Å². The molecule has 0 fully saturated rings. The van der Waals surface area contributed by atoms with Crippen LogP contribution in [0.2, 0.25) is 0 Å². The van der Waals surface area contributed by atoms with Crippen LogP contribution < -0.4 is 0 Å². The standard InChI is InChI=1S/C6H10N2/c1-4-6(3)8-7-5-2/h4-5H,1H2,2-3H3/b7-5-,8-6+. The summed E-state index contributed by atoms with van der Waals surface area (Å²) in [5.41, 5.74) is 0.836. The van der Waals surface area contributed by atoms with Crippen molar-refractivity contribution in [2.75, 3.05) is 0 Å². The third kappa shape index (κ3) is 3.28. The molecule has 0 aliphatic carbocycles. The van der Waals surface area contributed by atoms with Gasteiger partial charge in [-0.25, -0.2) is 0 Å². The second-order valence-corrected chi connectivity index (χ2v) is 1.32. The largest absolute Gasteiger partial charge is 0.164 e. The molecule has 0 atom stereocenters. The van der Waals surface area contributed by atoms with E-state index >= 15 is 0 Å². The molecule has 0 amide bonds. The molecule has 0 aromatic carbocycles. The minimum absolute atomic E-state index is 0.836. The lowest BCUT2D eigenvalue weighted by Gasteiger charge is -1.79. The van der Waals surface area contributed by atoms with Crippen molar-refractivity contribution in [1.29, 1.82) is 0 Å². The Morgan fingerprint density at radius 1 is 1.62 bits per heavy atom. The molecule has 8 heavy (non-hydrogen) atoms. The molecular formula is C6H10N2. The molecule has 2 nitrogen and oxygen atoms in total. The number of rotatable bonds is 2. The van der Waals surface area contributed by atoms with Crippen LogP contribution in [0.5, 0.6) is 0 Å². The molecule has 0 radical (unpaired) electrons. The quantitative estimate of drug-likeness (QED) is 0.381. The number of hydrogen-bond acceptors (Lipinski definition) is 2. The first kappa shape index (κ1) is 7.08. The molecule has 0 heterocycles. The molecule has 0 aliphatic heterocycles. The van der Waals surface area contributed by atoms with Crippen molar-refractivity contribution in [2.24, 2.45) is 10.2 Å². The van der Waals surface area contributed by atoms with Gasteiger partial charge in [0.05, 0.1) is 5.71 Å². The van der Waals surface area contributed by atoms with E-state index in [1.807, 2.05) is 13.8 Å². The lowest BCUT2D eigenvalue weighted by Crippen LogP contribution is -1.78. The highest BCUT2D eigenvalue weighted by Crippen LogP contribution is 1.77. The number of hydrogen-bond donors (Lipinski definition) is 0. The zero-order valence-electron chi connectivity index (χ0n) is 5.26. The Bertz CT molecular complexity index is 122. The maximum atomic E-state index is 3.73. The lowest BCUT2D eigenvalue weighted by molar-refractivity contribution is 1.24. The van der Waals surface area contributed by atoms with E-state index in [-0.39, 0.29) is 0 Å². The van der Waals surface area contributed by atoms with E-state index in [1.54, 1.807) is 12.3 Å². The summed E-state index contributed by atoms with van der Waals surface area (Å²) in [4.78, 5) is 0. The molecule has 2 heteroatoms. The first-order valence-corrected chi connectivity index (χ1v) is 2.46. The SMILES string of the molecule is C=C/C(C)=N/N=C\C. The molecule has 0 spiro atoms. The molecule has 0 saturated heterocycles. The summed E-state index contributed by atoms with van der Waals surface area (Å²) in [6, 6.07) is 0. The average Bonchev–Trinajstić information content (AvgIpc) is 1.83. The topological polar surface area (TPSA) is 24.7 Å². The van der Waals surface area contributed by atoms with Gasteiger partial charge in [0.1, 0.15) is 0 Å². The van der Waals surface area contributed by atoms with E-state index in [4.69, 9.17) is 0 Å². The Morgan fingerprint density at radius 2 is 2.25 bits per heavy atom. The number of allylic oxidation sites excluding steroid dienone is 1. The molecular weight excluding hydrogens is 100 g/mol. The van der Waals surface area contributed by atoms with Crippen molar-refractivity contribution in [3.63, 3.8) is 0 Å². The zero-order chi connectivity index (χ0) is 6.41. The van der Waals surface area contributed by atoms with E-state index in [9.17, 15) is 0 Å². The normalized spacial score (nSPS) is 12.5. The van der Waals surface area contributed by atoms with Crippen molar-refractivity contribution in [1.82, 2.24) is 0 Å². The highest BCUT2D eigenvalue weighted by atomic mass is 15.2. The second kappa shape index (κ2) is 4.24. The van der Waals surface area contributed by atoms with Crippen LogP contribution in [0, 0.1) is 0 Å². The predicted octanol–water partition coefficient (Wildman–Crippen LogP) is 1.64. The van der Waals surface area contributed by atoms with Crippen molar-refractivity contribution >= 4 is 11.9 Å². The Kier molecular flexibility index (Phi) is 3.76. The highest BCUT2D eigenvalue weighted by molar-refractivity contribution is 5.92. The Morgan fingerprint density at radius 3 is 2.62 bits per heavy atom. The van der Waals surface area contributed by atoms with E-state index in [1.165, 1.54) is 0 Å². The highest BCUT2D eigenvalue weighted by Gasteiger charge is 1.73. The zero-order valence-corrected chi connectivity index (χ0v) is 5.26. The maximum Gasteiger partial charge on any atom is 0.0593 e. The summed E-state index contributed by atoms with van der Waals surface area (Å²) in [7, 11) is 0. The molecule has 0 bridgehead atoms. The lowest BCUT2D eigenvalue weighted by atomic mass is 10.4. The first-order valence-electron chi connectivity index (χ1n) is 2.46. The van der Waals surface area contributed by atoms with Crippen LogP contribution in [0.15, 0.2) is 22.9 Å². The van der Waals surface area contributed by atoms with Crippen LogP contribution >= 0.6 is 0 Å². The fourth-order valence-corrected chi connectivity index (χ4v) is 0.190. The van der Waals surface area contributed by atoms with Gasteiger partial charge in [0.2, 0.25) is 0 Å². The van der Waals surface area contributed by atoms with Gasteiger partial charge in [0.25, 0.3) is 0 Å². The van der Waals surface area contributed by atoms with E-state index < -0.39 is 0 Å². The monoisotopic (exact) mass is 110 g/mol. The number of nitrogens with zero attached hydrogens (tertiary/aromatic N) is 2. The van der Waals surface area contributed by atoms with Gasteiger partial charge < -0.3 is 0 Å². The molecule has 0 aromatic heterocycles. The van der Waals surface area contributed by atoms with Crippen molar-refractivity contribution < 1.29 is 0 Å². The fourth-order valence-electron chi connectivity index (χ4n) is 0.190. The summed E-state index contributed by atoms with van der Waals surface area (Å²) < 4.78 is 0. The molecule has 0 aliphatic rings. The van der Waals surface area contributed by atoms with Gasteiger partial charge in [-0.05, 0) is 19.9 Å². The van der Waals surface area contributed by atoms with Gasteiger partial charge in [-0.1, -0.05) is 6.58 Å². The predicted molar refractivity (Wildman–Crippen MR) is 37.5 cm³/mol. The minimum Gasteiger partial charge on any atom is -0.164 e. The molecule has 0 N–H and O–H groups in total. The third-order valence-corrected chi connectivity index (χ3v) is 0.626. The van der Waals surface area contributed by atoms with Gasteiger partial charge in [-0.15, -0.1) is 0 Å². The Hall–Kier alpha value is -0.920. The van der Waals surface area contributed by atoms with Gasteiger partial charge in [-0.2, -0.15) is 10.2 Å². The molecule has 0 rings (SSSR count). The van der Waals surface area contributed by atoms with Crippen LogP contribution in [-0.2, 0) is 0 Å². The first-order chi connectivity index (χ1) is 3.81. The van der Waals surface area contributed by atoms with E-state index in [2.05, 4.69) is 16.8 Å². The summed E-state index contributed by atoms with van der Waals surface area (Å²) in [5.74, 6) is 0. The van der Waals surface area contributed by atoms with Crippen LogP contribution in [0.4, 0.5) is 0 Å². The second-order valence-electron chi connectivity index (χ2n) is 1.32. The minimum atomic E-state index is 0.836. The smallest absolute Gasteiger partial charge is 0.0593 e. The Labute approximate surface area is 49.6 Å². The van der Waals surface area contributed by atoms with Crippen LogP contribution in [0.3, 0.4) is 0 Å². The fraction of sp³-hybridized carbons (Fsp3) is 0.333. The van der Waals surface area contributed by atoms with Gasteiger partial charge in [-0.3, -0.25) is 0 Å². The summed E-state index contributed by atoms with van der Waals surface area (Å²) in [6.45, 7) is 7.18. The summed E-state index contributed by atoms with van der Waals surface area (Å²) >= 11 is 0. The third-order valence-electron chi connectivity index (χ3n) is 0.626.